The van der Waals surface area contributed by atoms with E-state index < -0.39 is 0 Å². The Morgan fingerprint density at radius 3 is 1.46 bits per heavy atom. The van der Waals surface area contributed by atoms with Crippen LogP contribution in [0.4, 0.5) is 0 Å². The van der Waals surface area contributed by atoms with E-state index in [1.54, 1.807) is 5.57 Å². The minimum absolute atomic E-state index is 0.626. The van der Waals surface area contributed by atoms with Crippen molar-refractivity contribution in [2.24, 2.45) is 5.92 Å². The molecule has 0 aliphatic heterocycles. The maximum atomic E-state index is 2.39. The Hall–Kier alpha value is -5.20. The molecule has 0 fully saturated rings. The first-order valence-corrected chi connectivity index (χ1v) is 21.5. The third-order valence-electron chi connectivity index (χ3n) is 11.2. The van der Waals surface area contributed by atoms with E-state index in [1.807, 2.05) is 13.8 Å². The van der Waals surface area contributed by atoms with E-state index in [0.29, 0.717) is 11.8 Å². The van der Waals surface area contributed by atoms with Gasteiger partial charge in [0.1, 0.15) is 0 Å². The van der Waals surface area contributed by atoms with Crippen LogP contribution in [0.15, 0.2) is 157 Å². The molecule has 0 saturated heterocycles. The highest BCUT2D eigenvalue weighted by Crippen LogP contribution is 2.37. The van der Waals surface area contributed by atoms with Crippen LogP contribution in [0.1, 0.15) is 112 Å². The number of hydrogen-bond acceptors (Lipinski definition) is 0. The molecule has 6 aromatic rings. The number of hydrogen-bond donors (Lipinski definition) is 0. The van der Waals surface area contributed by atoms with E-state index in [0.717, 1.165) is 12.8 Å². The van der Waals surface area contributed by atoms with E-state index >= 15 is 0 Å². The smallest absolute Gasteiger partial charge is 0.0146 e. The van der Waals surface area contributed by atoms with Crippen molar-refractivity contribution in [3.63, 3.8) is 0 Å². The molecule has 7 rings (SSSR count). The van der Waals surface area contributed by atoms with E-state index in [9.17, 15) is 0 Å². The predicted molar refractivity (Wildman–Crippen MR) is 254 cm³/mol. The second kappa shape index (κ2) is 22.5. The van der Waals surface area contributed by atoms with Gasteiger partial charge in [-0.2, -0.15) is 0 Å². The van der Waals surface area contributed by atoms with Crippen molar-refractivity contribution in [3.8, 4) is 33.4 Å². The molecular formula is C57H68. The first-order chi connectivity index (χ1) is 27.6. The lowest BCUT2D eigenvalue weighted by Crippen LogP contribution is -2.04. The Labute approximate surface area is 347 Å². The van der Waals surface area contributed by atoms with Crippen molar-refractivity contribution < 1.29 is 0 Å². The van der Waals surface area contributed by atoms with Crippen LogP contribution in [0, 0.1) is 40.5 Å². The molecule has 296 valence electrons. The standard InChI is InChI=1S/C23H26.C20H18.C12H18.C2H6/c1-4-17(2)21-12-8-9-13-22(21)23-16-20(15-14-18(23)3)19-10-6-5-7-11-19;1-15-8-6-7-11-19(15)20-14-18(13-12-16(20)2)17-9-4-3-5-10-17;1-5-11(4)12-7-9(2)6-10(3)8-12;1-2/h5-8,10-12,14-17H,4,9,13H2,1-3H3;3-14H,1-2H3;6-8,11H,5H2,1-4H3;1-2H3/t17-;;11-;/m1.1./s1. The molecule has 0 N–H and O–H groups in total. The minimum Gasteiger partial charge on any atom is -0.0839 e. The van der Waals surface area contributed by atoms with Gasteiger partial charge >= 0.3 is 0 Å². The van der Waals surface area contributed by atoms with Crippen molar-refractivity contribution in [2.45, 2.75) is 108 Å². The van der Waals surface area contributed by atoms with E-state index in [1.165, 1.54) is 90.7 Å². The third-order valence-corrected chi connectivity index (χ3v) is 11.2. The molecule has 0 radical (unpaired) electrons. The molecule has 0 saturated carbocycles. The highest BCUT2D eigenvalue weighted by Gasteiger charge is 2.17. The lowest BCUT2D eigenvalue weighted by molar-refractivity contribution is 0.666. The molecule has 1 aliphatic rings. The number of allylic oxidation sites excluding steroid dienone is 4. The largest absolute Gasteiger partial charge is 0.0839 e. The fraction of sp³-hybridized carbons (Fsp3) is 0.298. The van der Waals surface area contributed by atoms with Gasteiger partial charge in [0.05, 0.1) is 0 Å². The summed E-state index contributed by atoms with van der Waals surface area (Å²) in [7, 11) is 0. The van der Waals surface area contributed by atoms with Gasteiger partial charge in [-0.05, 0) is 157 Å². The first kappa shape index (κ1) is 44.5. The molecule has 2 atom stereocenters. The quantitative estimate of drug-likeness (QED) is 0.145. The molecular weight excluding hydrogens is 685 g/mol. The summed E-state index contributed by atoms with van der Waals surface area (Å²) in [5.41, 5.74) is 20.6. The van der Waals surface area contributed by atoms with Crippen LogP contribution in [-0.2, 0) is 0 Å². The Morgan fingerprint density at radius 1 is 0.456 bits per heavy atom. The van der Waals surface area contributed by atoms with Gasteiger partial charge in [0.25, 0.3) is 0 Å². The molecule has 0 heterocycles. The number of benzene rings is 6. The average molecular weight is 753 g/mol. The minimum atomic E-state index is 0.626. The molecule has 57 heavy (non-hydrogen) atoms. The molecule has 0 aromatic heterocycles. The molecule has 6 aromatic carbocycles. The van der Waals surface area contributed by atoms with Gasteiger partial charge in [-0.1, -0.05) is 192 Å². The Bertz CT molecular complexity index is 2180. The summed E-state index contributed by atoms with van der Waals surface area (Å²) in [6.07, 6.45) is 9.44. The Morgan fingerprint density at radius 2 is 0.930 bits per heavy atom. The Kier molecular flexibility index (Phi) is 17.6. The maximum absolute atomic E-state index is 2.39. The second-order valence-corrected chi connectivity index (χ2v) is 15.5. The topological polar surface area (TPSA) is 0 Å². The van der Waals surface area contributed by atoms with Crippen molar-refractivity contribution in [1.29, 1.82) is 0 Å². The van der Waals surface area contributed by atoms with Crippen LogP contribution in [0.2, 0.25) is 0 Å². The summed E-state index contributed by atoms with van der Waals surface area (Å²) in [6.45, 7) is 24.1. The van der Waals surface area contributed by atoms with Crippen molar-refractivity contribution in [3.05, 3.63) is 196 Å². The highest BCUT2D eigenvalue weighted by molar-refractivity contribution is 5.79. The fourth-order valence-corrected chi connectivity index (χ4v) is 7.54. The zero-order valence-electron chi connectivity index (χ0n) is 36.9. The van der Waals surface area contributed by atoms with Crippen LogP contribution in [0.25, 0.3) is 39.0 Å². The highest BCUT2D eigenvalue weighted by atomic mass is 14.2. The van der Waals surface area contributed by atoms with Crippen LogP contribution in [0.3, 0.4) is 0 Å². The van der Waals surface area contributed by atoms with Crippen LogP contribution < -0.4 is 0 Å². The monoisotopic (exact) mass is 753 g/mol. The first-order valence-electron chi connectivity index (χ1n) is 21.5. The summed E-state index contributed by atoms with van der Waals surface area (Å²) in [4.78, 5) is 0. The van der Waals surface area contributed by atoms with Gasteiger partial charge in [-0.3, -0.25) is 0 Å². The number of aryl methyl sites for hydroxylation is 5. The van der Waals surface area contributed by atoms with Gasteiger partial charge in [-0.25, -0.2) is 0 Å². The van der Waals surface area contributed by atoms with Crippen LogP contribution in [-0.4, -0.2) is 0 Å². The zero-order valence-corrected chi connectivity index (χ0v) is 36.9. The number of rotatable bonds is 8. The van der Waals surface area contributed by atoms with E-state index in [4.69, 9.17) is 0 Å². The third kappa shape index (κ3) is 12.4. The van der Waals surface area contributed by atoms with E-state index in [2.05, 4.69) is 214 Å². The molecule has 0 heteroatoms. The average Bonchev–Trinajstić information content (AvgIpc) is 3.25. The summed E-state index contributed by atoms with van der Waals surface area (Å²) < 4.78 is 0. The molecule has 0 nitrogen and oxygen atoms in total. The molecule has 0 spiro atoms. The summed E-state index contributed by atoms with van der Waals surface area (Å²) in [6, 6.07) is 50.2. The van der Waals surface area contributed by atoms with Crippen molar-refractivity contribution >= 4 is 5.57 Å². The summed E-state index contributed by atoms with van der Waals surface area (Å²) in [5, 5.41) is 0. The molecule has 0 bridgehead atoms. The molecule has 0 unspecified atom stereocenters. The lowest BCUT2D eigenvalue weighted by atomic mass is 9.82. The summed E-state index contributed by atoms with van der Waals surface area (Å²) in [5.74, 6) is 1.32. The van der Waals surface area contributed by atoms with Gasteiger partial charge < -0.3 is 0 Å². The van der Waals surface area contributed by atoms with Crippen molar-refractivity contribution in [2.75, 3.05) is 0 Å². The van der Waals surface area contributed by atoms with Crippen LogP contribution in [0.5, 0.6) is 0 Å². The fourth-order valence-electron chi connectivity index (χ4n) is 7.54. The van der Waals surface area contributed by atoms with Gasteiger partial charge in [0, 0.05) is 0 Å². The zero-order chi connectivity index (χ0) is 41.3. The van der Waals surface area contributed by atoms with Gasteiger partial charge in [-0.15, -0.1) is 0 Å². The SMILES string of the molecule is CC.CC[C@@H](C)C1=C(c2cc(-c3ccccc3)ccc2C)CCC=C1.CC[C@@H](C)c1cc(C)cc(C)c1.Cc1ccccc1-c1cc(-c2ccccc2)ccc1C. The molecule has 1 aliphatic carbocycles. The van der Waals surface area contributed by atoms with Gasteiger partial charge in [0.15, 0.2) is 0 Å². The second-order valence-electron chi connectivity index (χ2n) is 15.5. The summed E-state index contributed by atoms with van der Waals surface area (Å²) >= 11 is 0. The Balaban J connectivity index is 0.000000194. The normalized spacial score (nSPS) is 12.9. The van der Waals surface area contributed by atoms with Gasteiger partial charge in [0.2, 0.25) is 0 Å². The molecule has 0 amide bonds. The van der Waals surface area contributed by atoms with Crippen LogP contribution >= 0.6 is 0 Å². The maximum Gasteiger partial charge on any atom is -0.0146 e. The van der Waals surface area contributed by atoms with Crippen molar-refractivity contribution in [1.82, 2.24) is 0 Å². The predicted octanol–water partition coefficient (Wildman–Crippen LogP) is 17.3. The van der Waals surface area contributed by atoms with E-state index in [-0.39, 0.29) is 0 Å². The lowest BCUT2D eigenvalue weighted by Gasteiger charge is -2.23.